The van der Waals surface area contributed by atoms with E-state index in [1.54, 1.807) is 7.11 Å². The summed E-state index contributed by atoms with van der Waals surface area (Å²) in [4.78, 5) is 5.03. The third-order valence-electron chi connectivity index (χ3n) is 3.74. The van der Waals surface area contributed by atoms with Crippen molar-refractivity contribution in [3.8, 4) is 5.75 Å². The lowest BCUT2D eigenvalue weighted by Crippen LogP contribution is -2.47. The molecule has 1 aliphatic rings. The van der Waals surface area contributed by atoms with Crippen LogP contribution in [0.4, 0.5) is 5.69 Å². The zero-order chi connectivity index (χ0) is 13.5. The highest BCUT2D eigenvalue weighted by Gasteiger charge is 2.14. The first-order valence-corrected chi connectivity index (χ1v) is 7.14. The number of hydrogen-bond donors (Lipinski definition) is 1. The minimum absolute atomic E-state index is 0.904. The number of nitrogens with one attached hydrogen (secondary N) is 1. The molecule has 0 saturated carbocycles. The fourth-order valence-corrected chi connectivity index (χ4v) is 2.42. The molecule has 1 heterocycles. The smallest absolute Gasteiger partial charge is 0.120 e. The molecule has 106 valence electrons. The van der Waals surface area contributed by atoms with Crippen molar-refractivity contribution < 1.29 is 4.74 Å². The number of rotatable bonds is 6. The Kier molecular flexibility index (Phi) is 5.48. The molecule has 19 heavy (non-hydrogen) atoms. The van der Waals surface area contributed by atoms with Gasteiger partial charge in [-0.05, 0) is 18.7 Å². The Morgan fingerprint density at radius 3 is 2.58 bits per heavy atom. The van der Waals surface area contributed by atoms with Gasteiger partial charge in [0.15, 0.2) is 0 Å². The second kappa shape index (κ2) is 7.36. The zero-order valence-electron chi connectivity index (χ0n) is 12.1. The van der Waals surface area contributed by atoms with Crippen molar-refractivity contribution in [3.63, 3.8) is 0 Å². The van der Waals surface area contributed by atoms with Gasteiger partial charge in [-0.2, -0.15) is 0 Å². The van der Waals surface area contributed by atoms with Crippen LogP contribution >= 0.6 is 0 Å². The van der Waals surface area contributed by atoms with Gasteiger partial charge in [0, 0.05) is 51.0 Å². The average molecular weight is 263 g/mol. The summed E-state index contributed by atoms with van der Waals surface area (Å²) in [6, 6.07) is 8.10. The van der Waals surface area contributed by atoms with E-state index in [1.165, 1.54) is 32.7 Å². The fourth-order valence-electron chi connectivity index (χ4n) is 2.42. The van der Waals surface area contributed by atoms with Crippen molar-refractivity contribution in [3.05, 3.63) is 24.3 Å². The van der Waals surface area contributed by atoms with Crippen LogP contribution in [-0.4, -0.2) is 62.7 Å². The lowest BCUT2D eigenvalue weighted by molar-refractivity contribution is 0.141. The van der Waals surface area contributed by atoms with Gasteiger partial charge >= 0.3 is 0 Å². The Balaban J connectivity index is 1.69. The van der Waals surface area contributed by atoms with Gasteiger partial charge in [-0.25, -0.2) is 0 Å². The predicted molar refractivity (Wildman–Crippen MR) is 80.0 cm³/mol. The van der Waals surface area contributed by atoms with Gasteiger partial charge in [0.2, 0.25) is 0 Å². The molecule has 1 aromatic carbocycles. The van der Waals surface area contributed by atoms with Crippen LogP contribution in [0, 0.1) is 0 Å². The van der Waals surface area contributed by atoms with Gasteiger partial charge in [-0.15, -0.1) is 0 Å². The molecule has 0 bridgehead atoms. The normalized spacial score (nSPS) is 17.4. The Labute approximate surface area is 116 Å². The van der Waals surface area contributed by atoms with Crippen LogP contribution in [0.3, 0.4) is 0 Å². The van der Waals surface area contributed by atoms with Crippen molar-refractivity contribution in [1.29, 1.82) is 0 Å². The summed E-state index contributed by atoms with van der Waals surface area (Å²) >= 11 is 0. The SMILES string of the molecule is CCN1CCN(CCNc2cccc(OC)c2)CC1. The topological polar surface area (TPSA) is 27.7 Å². The van der Waals surface area contributed by atoms with Crippen molar-refractivity contribution in [2.45, 2.75) is 6.92 Å². The highest BCUT2D eigenvalue weighted by molar-refractivity contribution is 5.48. The van der Waals surface area contributed by atoms with Gasteiger partial charge in [0.1, 0.15) is 5.75 Å². The van der Waals surface area contributed by atoms with E-state index >= 15 is 0 Å². The molecule has 1 aromatic rings. The second-order valence-electron chi connectivity index (χ2n) is 4.93. The Morgan fingerprint density at radius 2 is 1.89 bits per heavy atom. The average Bonchev–Trinajstić information content (AvgIpc) is 2.48. The first-order valence-electron chi connectivity index (χ1n) is 7.14. The molecule has 0 aliphatic carbocycles. The minimum Gasteiger partial charge on any atom is -0.497 e. The Morgan fingerprint density at radius 1 is 1.16 bits per heavy atom. The molecule has 1 fully saturated rings. The molecule has 4 nitrogen and oxygen atoms in total. The lowest BCUT2D eigenvalue weighted by Gasteiger charge is -2.34. The van der Waals surface area contributed by atoms with Crippen LogP contribution in [0.1, 0.15) is 6.92 Å². The van der Waals surface area contributed by atoms with E-state index in [0.29, 0.717) is 0 Å². The van der Waals surface area contributed by atoms with Crippen LogP contribution in [-0.2, 0) is 0 Å². The molecular weight excluding hydrogens is 238 g/mol. The molecular formula is C15H25N3O. The minimum atomic E-state index is 0.904. The molecule has 4 heteroatoms. The van der Waals surface area contributed by atoms with E-state index in [2.05, 4.69) is 28.1 Å². The number of benzene rings is 1. The summed E-state index contributed by atoms with van der Waals surface area (Å²) in [7, 11) is 1.70. The summed E-state index contributed by atoms with van der Waals surface area (Å²) in [6.45, 7) is 10.3. The number of methoxy groups -OCH3 is 1. The molecule has 1 saturated heterocycles. The molecule has 2 rings (SSSR count). The van der Waals surface area contributed by atoms with E-state index in [-0.39, 0.29) is 0 Å². The number of piperazine rings is 1. The maximum absolute atomic E-state index is 5.22. The zero-order valence-corrected chi connectivity index (χ0v) is 12.1. The van der Waals surface area contributed by atoms with Gasteiger partial charge in [-0.1, -0.05) is 13.0 Å². The van der Waals surface area contributed by atoms with Crippen molar-refractivity contribution in [2.75, 3.05) is 58.2 Å². The molecule has 0 amide bonds. The van der Waals surface area contributed by atoms with E-state index in [1.807, 2.05) is 18.2 Å². The highest BCUT2D eigenvalue weighted by atomic mass is 16.5. The van der Waals surface area contributed by atoms with Gasteiger partial charge in [0.25, 0.3) is 0 Å². The number of anilines is 1. The van der Waals surface area contributed by atoms with E-state index in [0.717, 1.165) is 24.5 Å². The molecule has 0 spiro atoms. The van der Waals surface area contributed by atoms with Gasteiger partial charge < -0.3 is 15.0 Å². The molecule has 0 unspecified atom stereocenters. The maximum atomic E-state index is 5.22. The van der Waals surface area contributed by atoms with E-state index < -0.39 is 0 Å². The molecule has 0 atom stereocenters. The molecule has 0 radical (unpaired) electrons. The second-order valence-corrected chi connectivity index (χ2v) is 4.93. The van der Waals surface area contributed by atoms with Crippen LogP contribution < -0.4 is 10.1 Å². The molecule has 1 aliphatic heterocycles. The van der Waals surface area contributed by atoms with Crippen LogP contribution in [0.15, 0.2) is 24.3 Å². The molecule has 1 N–H and O–H groups in total. The quantitative estimate of drug-likeness (QED) is 0.846. The van der Waals surface area contributed by atoms with Crippen molar-refractivity contribution >= 4 is 5.69 Å². The van der Waals surface area contributed by atoms with E-state index in [9.17, 15) is 0 Å². The summed E-state index contributed by atoms with van der Waals surface area (Å²) in [5, 5.41) is 3.46. The standard InChI is InChI=1S/C15H25N3O/c1-3-17-9-11-18(12-10-17)8-7-16-14-5-4-6-15(13-14)19-2/h4-6,13,16H,3,7-12H2,1-2H3. The number of hydrogen-bond acceptors (Lipinski definition) is 4. The van der Waals surface area contributed by atoms with Gasteiger partial charge in [0.05, 0.1) is 7.11 Å². The van der Waals surface area contributed by atoms with Crippen LogP contribution in [0.2, 0.25) is 0 Å². The monoisotopic (exact) mass is 263 g/mol. The third-order valence-corrected chi connectivity index (χ3v) is 3.74. The Hall–Kier alpha value is -1.26. The van der Waals surface area contributed by atoms with Gasteiger partial charge in [-0.3, -0.25) is 4.90 Å². The van der Waals surface area contributed by atoms with Crippen molar-refractivity contribution in [2.24, 2.45) is 0 Å². The van der Waals surface area contributed by atoms with E-state index in [4.69, 9.17) is 4.74 Å². The summed E-state index contributed by atoms with van der Waals surface area (Å²) in [6.07, 6.45) is 0. The van der Waals surface area contributed by atoms with Crippen molar-refractivity contribution in [1.82, 2.24) is 9.80 Å². The summed E-state index contributed by atoms with van der Waals surface area (Å²) in [5.41, 5.74) is 1.13. The molecule has 0 aromatic heterocycles. The number of ether oxygens (including phenoxy) is 1. The van der Waals surface area contributed by atoms with Crippen LogP contribution in [0.5, 0.6) is 5.75 Å². The number of likely N-dealkylation sites (N-methyl/N-ethyl adjacent to an activating group) is 1. The maximum Gasteiger partial charge on any atom is 0.120 e. The Bertz CT molecular complexity index is 375. The third kappa shape index (κ3) is 4.40. The van der Waals surface area contributed by atoms with Crippen LogP contribution in [0.25, 0.3) is 0 Å². The first kappa shape index (κ1) is 14.2. The summed E-state index contributed by atoms with van der Waals surface area (Å²) < 4.78 is 5.22. The lowest BCUT2D eigenvalue weighted by atomic mass is 10.3. The largest absolute Gasteiger partial charge is 0.497 e. The summed E-state index contributed by atoms with van der Waals surface area (Å²) in [5.74, 6) is 0.904. The number of nitrogens with zero attached hydrogens (tertiary/aromatic N) is 2. The first-order chi connectivity index (χ1) is 9.31. The predicted octanol–water partition coefficient (Wildman–Crippen LogP) is 1.74. The fraction of sp³-hybridized carbons (Fsp3) is 0.600. The highest BCUT2D eigenvalue weighted by Crippen LogP contribution is 2.16.